The first-order valence-electron chi connectivity index (χ1n) is 7.77. The Morgan fingerprint density at radius 3 is 2.48 bits per heavy atom. The number of carbonyl (C=O) groups is 1. The molecular formula is C20H16N2O2S. The summed E-state index contributed by atoms with van der Waals surface area (Å²) in [4.78, 5) is 13.4. The van der Waals surface area contributed by atoms with Crippen LogP contribution >= 0.6 is 11.3 Å². The van der Waals surface area contributed by atoms with E-state index in [0.29, 0.717) is 11.3 Å². The minimum absolute atomic E-state index is 0.0827. The fourth-order valence-electron chi connectivity index (χ4n) is 2.40. The van der Waals surface area contributed by atoms with Crippen molar-refractivity contribution in [1.29, 1.82) is 5.26 Å². The molecule has 0 unspecified atom stereocenters. The zero-order valence-corrected chi connectivity index (χ0v) is 14.2. The summed E-state index contributed by atoms with van der Waals surface area (Å²) in [5.41, 5.74) is 1.58. The van der Waals surface area contributed by atoms with Crippen molar-refractivity contribution in [2.75, 3.05) is 6.61 Å². The van der Waals surface area contributed by atoms with E-state index in [9.17, 15) is 4.79 Å². The number of thiophene rings is 1. The van der Waals surface area contributed by atoms with E-state index >= 15 is 0 Å². The second kappa shape index (κ2) is 8.13. The van der Waals surface area contributed by atoms with Crippen LogP contribution in [0.1, 0.15) is 22.0 Å². The molecule has 3 rings (SSSR count). The third kappa shape index (κ3) is 4.46. The Bertz CT molecular complexity index is 853. The van der Waals surface area contributed by atoms with Crippen molar-refractivity contribution >= 4 is 17.2 Å². The fourth-order valence-corrected chi connectivity index (χ4v) is 3.20. The third-order valence-electron chi connectivity index (χ3n) is 3.62. The van der Waals surface area contributed by atoms with Crippen LogP contribution in [0.25, 0.3) is 0 Å². The van der Waals surface area contributed by atoms with Crippen LogP contribution < -0.4 is 10.1 Å². The fraction of sp³-hybridized carbons (Fsp3) is 0.100. The van der Waals surface area contributed by atoms with Gasteiger partial charge in [-0.3, -0.25) is 4.79 Å². The zero-order chi connectivity index (χ0) is 17.5. The standard InChI is InChI=1S/C20H16N2O2S/c21-13-15-8-10-17(11-9-15)24-14-19(23)22-20(18-7-4-12-25-18)16-5-2-1-3-6-16/h1-12,20H,14H2,(H,22,23)/t20-/m1/s1. The Morgan fingerprint density at radius 1 is 1.08 bits per heavy atom. The van der Waals surface area contributed by atoms with Crippen molar-refractivity contribution in [2.45, 2.75) is 6.04 Å². The summed E-state index contributed by atoms with van der Waals surface area (Å²) in [5.74, 6) is 0.355. The number of nitrogens with one attached hydrogen (secondary N) is 1. The Kier molecular flexibility index (Phi) is 5.45. The van der Waals surface area contributed by atoms with E-state index in [1.807, 2.05) is 53.9 Å². The van der Waals surface area contributed by atoms with E-state index in [1.165, 1.54) is 0 Å². The summed E-state index contributed by atoms with van der Waals surface area (Å²) in [6, 6.07) is 22.3. The SMILES string of the molecule is N#Cc1ccc(OCC(=O)N[C@H](c2ccccc2)c2cccs2)cc1. The first kappa shape index (κ1) is 16.7. The van der Waals surface area contributed by atoms with Crippen molar-refractivity contribution in [3.63, 3.8) is 0 Å². The number of rotatable bonds is 6. The molecule has 1 aromatic heterocycles. The summed E-state index contributed by atoms with van der Waals surface area (Å²) < 4.78 is 5.50. The Balaban J connectivity index is 1.65. The van der Waals surface area contributed by atoms with Gasteiger partial charge in [-0.05, 0) is 41.3 Å². The van der Waals surface area contributed by atoms with E-state index in [1.54, 1.807) is 35.6 Å². The van der Waals surface area contributed by atoms with Gasteiger partial charge in [0.2, 0.25) is 0 Å². The molecule has 1 atom stereocenters. The van der Waals surface area contributed by atoms with Crippen molar-refractivity contribution < 1.29 is 9.53 Å². The van der Waals surface area contributed by atoms with Crippen LogP contribution in [0.2, 0.25) is 0 Å². The Morgan fingerprint density at radius 2 is 1.84 bits per heavy atom. The summed E-state index contributed by atoms with van der Waals surface area (Å²) in [5, 5.41) is 13.8. The van der Waals surface area contributed by atoms with Gasteiger partial charge in [-0.25, -0.2) is 0 Å². The number of ether oxygens (including phenoxy) is 1. The maximum atomic E-state index is 12.3. The van der Waals surface area contributed by atoms with Crippen LogP contribution in [-0.4, -0.2) is 12.5 Å². The highest BCUT2D eigenvalue weighted by Gasteiger charge is 2.17. The lowest BCUT2D eigenvalue weighted by Gasteiger charge is -2.18. The predicted molar refractivity (Wildman–Crippen MR) is 97.4 cm³/mol. The van der Waals surface area contributed by atoms with E-state index in [-0.39, 0.29) is 18.6 Å². The number of carbonyl (C=O) groups excluding carboxylic acids is 1. The van der Waals surface area contributed by atoms with Gasteiger partial charge in [-0.2, -0.15) is 5.26 Å². The van der Waals surface area contributed by atoms with Gasteiger partial charge < -0.3 is 10.1 Å². The molecule has 0 radical (unpaired) electrons. The third-order valence-corrected chi connectivity index (χ3v) is 4.56. The normalized spacial score (nSPS) is 11.3. The maximum absolute atomic E-state index is 12.3. The molecule has 0 aliphatic heterocycles. The molecule has 0 spiro atoms. The van der Waals surface area contributed by atoms with Gasteiger partial charge >= 0.3 is 0 Å². The monoisotopic (exact) mass is 348 g/mol. The second-order valence-electron chi connectivity index (χ2n) is 5.35. The summed E-state index contributed by atoms with van der Waals surface area (Å²) >= 11 is 1.60. The van der Waals surface area contributed by atoms with Gasteiger partial charge in [0.15, 0.2) is 6.61 Å². The molecule has 124 valence electrons. The molecule has 5 heteroatoms. The minimum Gasteiger partial charge on any atom is -0.484 e. The minimum atomic E-state index is -0.202. The van der Waals surface area contributed by atoms with Crippen LogP contribution in [0.15, 0.2) is 72.1 Å². The highest BCUT2D eigenvalue weighted by molar-refractivity contribution is 7.10. The van der Waals surface area contributed by atoms with Crippen LogP contribution in [-0.2, 0) is 4.79 Å². The van der Waals surface area contributed by atoms with Gasteiger partial charge in [-0.1, -0.05) is 36.4 Å². The van der Waals surface area contributed by atoms with Gasteiger partial charge in [0.25, 0.3) is 5.91 Å². The van der Waals surface area contributed by atoms with Crippen molar-refractivity contribution in [3.05, 3.63) is 88.1 Å². The molecule has 1 amide bonds. The molecule has 2 aromatic carbocycles. The molecule has 1 heterocycles. The molecule has 25 heavy (non-hydrogen) atoms. The van der Waals surface area contributed by atoms with Gasteiger partial charge in [-0.15, -0.1) is 11.3 Å². The Hall–Kier alpha value is -3.10. The molecule has 1 N–H and O–H groups in total. The quantitative estimate of drug-likeness (QED) is 0.735. The number of benzene rings is 2. The van der Waals surface area contributed by atoms with E-state index in [4.69, 9.17) is 10.00 Å². The lowest BCUT2D eigenvalue weighted by atomic mass is 10.1. The molecule has 0 aliphatic rings. The van der Waals surface area contributed by atoms with Gasteiger partial charge in [0.1, 0.15) is 5.75 Å². The average molecular weight is 348 g/mol. The molecule has 0 saturated carbocycles. The van der Waals surface area contributed by atoms with Crippen LogP contribution in [0.4, 0.5) is 0 Å². The second-order valence-corrected chi connectivity index (χ2v) is 6.33. The summed E-state index contributed by atoms with van der Waals surface area (Å²) in [7, 11) is 0. The topological polar surface area (TPSA) is 62.1 Å². The highest BCUT2D eigenvalue weighted by Crippen LogP contribution is 2.25. The van der Waals surface area contributed by atoms with E-state index < -0.39 is 0 Å². The van der Waals surface area contributed by atoms with Crippen LogP contribution in [0, 0.1) is 11.3 Å². The largest absolute Gasteiger partial charge is 0.484 e. The Labute approximate surface area is 150 Å². The maximum Gasteiger partial charge on any atom is 0.258 e. The molecule has 3 aromatic rings. The van der Waals surface area contributed by atoms with Crippen molar-refractivity contribution in [1.82, 2.24) is 5.32 Å². The average Bonchev–Trinajstić information content (AvgIpc) is 3.20. The van der Waals surface area contributed by atoms with Crippen LogP contribution in [0.5, 0.6) is 5.75 Å². The smallest absolute Gasteiger partial charge is 0.258 e. The molecule has 0 aliphatic carbocycles. The van der Waals surface area contributed by atoms with Crippen LogP contribution in [0.3, 0.4) is 0 Å². The number of hydrogen-bond donors (Lipinski definition) is 1. The summed E-state index contributed by atoms with van der Waals surface area (Å²) in [6.45, 7) is -0.0827. The van der Waals surface area contributed by atoms with Crippen molar-refractivity contribution in [3.8, 4) is 11.8 Å². The molecular weight excluding hydrogens is 332 g/mol. The van der Waals surface area contributed by atoms with Gasteiger partial charge in [0.05, 0.1) is 17.7 Å². The number of hydrogen-bond acceptors (Lipinski definition) is 4. The first-order chi connectivity index (χ1) is 12.3. The number of nitrogens with zero attached hydrogens (tertiary/aromatic N) is 1. The molecule has 0 fully saturated rings. The predicted octanol–water partition coefficient (Wildman–Crippen LogP) is 3.90. The van der Waals surface area contributed by atoms with E-state index in [0.717, 1.165) is 10.4 Å². The highest BCUT2D eigenvalue weighted by atomic mass is 32.1. The molecule has 0 saturated heterocycles. The number of nitriles is 1. The lowest BCUT2D eigenvalue weighted by molar-refractivity contribution is -0.123. The molecule has 0 bridgehead atoms. The molecule has 4 nitrogen and oxygen atoms in total. The lowest BCUT2D eigenvalue weighted by Crippen LogP contribution is -2.32. The zero-order valence-electron chi connectivity index (χ0n) is 13.4. The summed E-state index contributed by atoms with van der Waals surface area (Å²) in [6.07, 6.45) is 0. The first-order valence-corrected chi connectivity index (χ1v) is 8.65. The van der Waals surface area contributed by atoms with E-state index in [2.05, 4.69) is 5.32 Å². The van der Waals surface area contributed by atoms with Gasteiger partial charge in [0, 0.05) is 4.88 Å². The number of amides is 1. The van der Waals surface area contributed by atoms with Crippen molar-refractivity contribution in [2.24, 2.45) is 0 Å².